The third-order valence-corrected chi connectivity index (χ3v) is 4.25. The molecule has 0 amide bonds. The second-order valence-electron chi connectivity index (χ2n) is 4.35. The average molecular weight is 291 g/mol. The molecular formula is C12H13N5S2. The second-order valence-corrected chi connectivity index (χ2v) is 5.87. The fourth-order valence-corrected chi connectivity index (χ4v) is 3.21. The minimum absolute atomic E-state index is 0.267. The molecule has 7 heteroatoms. The number of anilines is 2. The Balaban J connectivity index is 1.83. The molecule has 2 aromatic rings. The van der Waals surface area contributed by atoms with Crippen molar-refractivity contribution >= 4 is 39.6 Å². The summed E-state index contributed by atoms with van der Waals surface area (Å²) in [5.41, 5.74) is 7.33. The van der Waals surface area contributed by atoms with Crippen LogP contribution in [0.25, 0.3) is 0 Å². The lowest BCUT2D eigenvalue weighted by Crippen LogP contribution is -2.12. The van der Waals surface area contributed by atoms with E-state index in [1.54, 1.807) is 23.6 Å². The molecule has 0 radical (unpaired) electrons. The first-order valence-corrected chi connectivity index (χ1v) is 7.33. The maximum absolute atomic E-state index is 5.56. The molecule has 0 unspecified atom stereocenters. The van der Waals surface area contributed by atoms with Gasteiger partial charge in [-0.05, 0) is 31.7 Å². The van der Waals surface area contributed by atoms with Crippen LogP contribution in [0.2, 0.25) is 0 Å². The van der Waals surface area contributed by atoms with Gasteiger partial charge in [-0.2, -0.15) is 0 Å². The van der Waals surface area contributed by atoms with Crippen molar-refractivity contribution < 1.29 is 0 Å². The van der Waals surface area contributed by atoms with Crippen LogP contribution in [0.15, 0.2) is 12.3 Å². The quantitative estimate of drug-likeness (QED) is 0.844. The van der Waals surface area contributed by atoms with Crippen LogP contribution in [0, 0.1) is 0 Å². The number of rotatable bonds is 3. The van der Waals surface area contributed by atoms with Crippen LogP contribution in [0.3, 0.4) is 0 Å². The van der Waals surface area contributed by atoms with Gasteiger partial charge in [0.1, 0.15) is 10.7 Å². The monoisotopic (exact) mass is 291 g/mol. The molecule has 0 aliphatic heterocycles. The maximum Gasteiger partial charge on any atom is 0.229 e. The highest BCUT2D eigenvalue weighted by atomic mass is 32.1. The fourth-order valence-electron chi connectivity index (χ4n) is 2.06. The van der Waals surface area contributed by atoms with Crippen LogP contribution in [-0.4, -0.2) is 19.9 Å². The zero-order chi connectivity index (χ0) is 13.2. The lowest BCUT2D eigenvalue weighted by atomic mass is 10.0. The molecular weight excluding hydrogens is 278 g/mol. The van der Waals surface area contributed by atoms with E-state index in [9.17, 15) is 0 Å². The molecule has 3 N–H and O–H groups in total. The Morgan fingerprint density at radius 3 is 2.95 bits per heavy atom. The van der Waals surface area contributed by atoms with Crippen LogP contribution in [0.1, 0.15) is 29.1 Å². The molecule has 0 spiro atoms. The summed E-state index contributed by atoms with van der Waals surface area (Å²) in [4.78, 5) is 14.6. The maximum atomic E-state index is 5.56. The van der Waals surface area contributed by atoms with Gasteiger partial charge in [0.2, 0.25) is 5.95 Å². The Labute approximate surface area is 120 Å². The number of aromatic nitrogens is 3. The van der Waals surface area contributed by atoms with E-state index >= 15 is 0 Å². The molecule has 2 heterocycles. The highest BCUT2D eigenvalue weighted by Gasteiger charge is 2.15. The Morgan fingerprint density at radius 1 is 1.32 bits per heavy atom. The molecule has 0 aromatic carbocycles. The lowest BCUT2D eigenvalue weighted by molar-refractivity contribution is 0.683. The Hall–Kier alpha value is -1.60. The zero-order valence-electron chi connectivity index (χ0n) is 10.2. The third-order valence-electron chi connectivity index (χ3n) is 2.97. The summed E-state index contributed by atoms with van der Waals surface area (Å²) < 4.78 is 0. The summed E-state index contributed by atoms with van der Waals surface area (Å²) in [5.74, 6) is 0.483. The smallest absolute Gasteiger partial charge is 0.229 e. The number of thiocarbonyl (C=S) groups is 1. The Bertz CT molecular complexity index is 599. The van der Waals surface area contributed by atoms with Gasteiger partial charge in [0.25, 0.3) is 0 Å². The van der Waals surface area contributed by atoms with Crippen molar-refractivity contribution in [2.75, 3.05) is 5.32 Å². The van der Waals surface area contributed by atoms with E-state index in [0.29, 0.717) is 11.6 Å². The first-order valence-electron chi connectivity index (χ1n) is 6.11. The van der Waals surface area contributed by atoms with Gasteiger partial charge in [-0.1, -0.05) is 12.2 Å². The predicted octanol–water partition coefficient (Wildman–Crippen LogP) is 2.19. The van der Waals surface area contributed by atoms with Crippen molar-refractivity contribution in [3.63, 3.8) is 0 Å². The molecule has 0 fully saturated rings. The van der Waals surface area contributed by atoms with Crippen molar-refractivity contribution in [2.24, 2.45) is 5.73 Å². The van der Waals surface area contributed by atoms with Crippen LogP contribution in [-0.2, 0) is 12.8 Å². The van der Waals surface area contributed by atoms with Crippen LogP contribution >= 0.6 is 23.6 Å². The number of nitrogens with zero attached hydrogens (tertiary/aromatic N) is 3. The van der Waals surface area contributed by atoms with Crippen molar-refractivity contribution in [2.45, 2.75) is 25.7 Å². The number of hydrogen-bond donors (Lipinski definition) is 2. The summed E-state index contributed by atoms with van der Waals surface area (Å²) in [5, 5.41) is 3.97. The van der Waals surface area contributed by atoms with Gasteiger partial charge in [-0.3, -0.25) is 0 Å². The normalized spacial score (nSPS) is 13.9. The van der Waals surface area contributed by atoms with E-state index < -0.39 is 0 Å². The molecule has 5 nitrogen and oxygen atoms in total. The molecule has 0 bridgehead atoms. The first kappa shape index (κ1) is 12.4. The molecule has 2 aromatic heterocycles. The molecule has 0 saturated carbocycles. The summed E-state index contributed by atoms with van der Waals surface area (Å²) in [6.45, 7) is 0. The van der Waals surface area contributed by atoms with Gasteiger partial charge >= 0.3 is 0 Å². The number of nitrogens with one attached hydrogen (secondary N) is 1. The number of aryl methyl sites for hydroxylation is 2. The van der Waals surface area contributed by atoms with Gasteiger partial charge in [0, 0.05) is 11.1 Å². The van der Waals surface area contributed by atoms with E-state index in [0.717, 1.165) is 18.0 Å². The highest BCUT2D eigenvalue weighted by molar-refractivity contribution is 7.80. The molecule has 0 atom stereocenters. The fraction of sp³-hybridized carbons (Fsp3) is 0.333. The van der Waals surface area contributed by atoms with E-state index in [2.05, 4.69) is 20.3 Å². The molecule has 19 heavy (non-hydrogen) atoms. The van der Waals surface area contributed by atoms with E-state index in [-0.39, 0.29) is 4.99 Å². The van der Waals surface area contributed by atoms with Crippen molar-refractivity contribution in [3.8, 4) is 0 Å². The summed E-state index contributed by atoms with van der Waals surface area (Å²) in [6.07, 6.45) is 6.31. The van der Waals surface area contributed by atoms with Crippen molar-refractivity contribution in [3.05, 3.63) is 28.5 Å². The largest absolute Gasteiger partial charge is 0.388 e. The SMILES string of the molecule is NC(=S)c1ccnc(Nc2nc3c(s2)CCCC3)n1. The van der Waals surface area contributed by atoms with Crippen LogP contribution in [0.5, 0.6) is 0 Å². The average Bonchev–Trinajstić information content (AvgIpc) is 2.81. The molecule has 1 aliphatic carbocycles. The van der Waals surface area contributed by atoms with Gasteiger partial charge < -0.3 is 11.1 Å². The summed E-state index contributed by atoms with van der Waals surface area (Å²) in [7, 11) is 0. The van der Waals surface area contributed by atoms with E-state index in [4.69, 9.17) is 18.0 Å². The molecule has 98 valence electrons. The van der Waals surface area contributed by atoms with Gasteiger partial charge in [-0.25, -0.2) is 15.0 Å². The third kappa shape index (κ3) is 2.71. The summed E-state index contributed by atoms with van der Waals surface area (Å²) in [6, 6.07) is 1.69. The number of fused-ring (bicyclic) bond motifs is 1. The zero-order valence-corrected chi connectivity index (χ0v) is 11.9. The molecule has 3 rings (SSSR count). The van der Waals surface area contributed by atoms with Gasteiger partial charge in [-0.15, -0.1) is 11.3 Å². The number of hydrogen-bond acceptors (Lipinski definition) is 6. The number of nitrogens with two attached hydrogens (primary N) is 1. The van der Waals surface area contributed by atoms with Gasteiger partial charge in [0.05, 0.1) is 5.69 Å². The minimum atomic E-state index is 0.267. The van der Waals surface area contributed by atoms with Crippen molar-refractivity contribution in [1.82, 2.24) is 15.0 Å². The van der Waals surface area contributed by atoms with Crippen LogP contribution < -0.4 is 11.1 Å². The Morgan fingerprint density at radius 2 is 2.16 bits per heavy atom. The molecule has 1 aliphatic rings. The standard InChI is InChI=1S/C12H13N5S2/c13-10(18)8-5-6-14-11(15-8)17-12-16-7-3-1-2-4-9(7)19-12/h5-6H,1-4H2,(H2,13,18)(H,14,15,16,17). The van der Waals surface area contributed by atoms with Crippen LogP contribution in [0.4, 0.5) is 11.1 Å². The lowest BCUT2D eigenvalue weighted by Gasteiger charge is -2.06. The summed E-state index contributed by atoms with van der Waals surface area (Å²) >= 11 is 6.58. The minimum Gasteiger partial charge on any atom is -0.388 e. The second kappa shape index (κ2) is 5.18. The van der Waals surface area contributed by atoms with Crippen molar-refractivity contribution in [1.29, 1.82) is 0 Å². The number of thiazole rings is 1. The predicted molar refractivity (Wildman–Crippen MR) is 80.0 cm³/mol. The first-order chi connectivity index (χ1) is 9.22. The topological polar surface area (TPSA) is 76.7 Å². The molecule has 0 saturated heterocycles. The van der Waals surface area contributed by atoms with E-state index in [1.165, 1.54) is 23.4 Å². The van der Waals surface area contributed by atoms with Gasteiger partial charge in [0.15, 0.2) is 5.13 Å². The Kier molecular flexibility index (Phi) is 3.39. The van der Waals surface area contributed by atoms with E-state index in [1.807, 2.05) is 0 Å². The highest BCUT2D eigenvalue weighted by Crippen LogP contribution is 2.30.